The minimum Gasteiger partial charge on any atom is -0.359 e. The number of hydrogen-bond donors (Lipinski definition) is 1. The molecule has 0 fully saturated rings. The Labute approximate surface area is 142 Å². The predicted octanol–water partition coefficient (Wildman–Crippen LogP) is 5.57. The molecule has 1 heterocycles. The molecule has 1 aromatic carbocycles. The van der Waals surface area contributed by atoms with Crippen molar-refractivity contribution in [1.29, 1.82) is 0 Å². The van der Waals surface area contributed by atoms with E-state index >= 15 is 0 Å². The summed E-state index contributed by atoms with van der Waals surface area (Å²) >= 11 is 0. The molecule has 0 spiro atoms. The van der Waals surface area contributed by atoms with Crippen molar-refractivity contribution >= 4 is 22.3 Å². The number of aromatic amines is 1. The molecule has 0 radical (unpaired) electrons. The van der Waals surface area contributed by atoms with Crippen molar-refractivity contribution in [3.05, 3.63) is 40.8 Å². The molecule has 3 heteroatoms. The lowest BCUT2D eigenvalue weighted by Gasteiger charge is -2.36. The first-order valence-corrected chi connectivity index (χ1v) is 9.17. The predicted molar refractivity (Wildman–Crippen MR) is 95.4 cm³/mol. The van der Waals surface area contributed by atoms with Gasteiger partial charge in [0.1, 0.15) is 5.82 Å². The number of carbonyl (C=O) groups is 1. The number of unbranched alkanes of at least 4 members (excludes halogenated alkanes) is 1. The van der Waals surface area contributed by atoms with Gasteiger partial charge in [-0.1, -0.05) is 26.7 Å². The number of benzene rings is 1. The van der Waals surface area contributed by atoms with Gasteiger partial charge in [-0.05, 0) is 60.1 Å². The quantitative estimate of drug-likeness (QED) is 0.783. The molecular formula is C21H24FNO. The number of aromatic nitrogens is 1. The molecule has 4 rings (SSSR count). The molecule has 2 aromatic rings. The standard InChI is InChI=1S/C21H24FNO/c1-3-5-8-21-9-6-18(24)13(4-2)19(21)15-11-17(22)20-14(7-10-23-20)16(15)12-21/h7,10-11,23H,3-6,8-9,12H2,1-2H3. The Bertz CT molecular complexity index is 860. The normalized spacial score (nSPS) is 23.0. The number of allylic oxidation sites excluding steroid dienone is 2. The average Bonchev–Trinajstić information content (AvgIpc) is 3.17. The smallest absolute Gasteiger partial charge is 0.159 e. The van der Waals surface area contributed by atoms with Crippen LogP contribution >= 0.6 is 0 Å². The van der Waals surface area contributed by atoms with Gasteiger partial charge in [0.25, 0.3) is 0 Å². The fraction of sp³-hybridized carbons (Fsp3) is 0.476. The molecule has 1 N–H and O–H groups in total. The molecule has 0 saturated carbocycles. The Morgan fingerprint density at radius 1 is 1.33 bits per heavy atom. The number of rotatable bonds is 4. The maximum absolute atomic E-state index is 14.6. The topological polar surface area (TPSA) is 32.9 Å². The minimum atomic E-state index is -0.207. The second-order valence-corrected chi connectivity index (χ2v) is 7.34. The molecule has 2 aliphatic carbocycles. The van der Waals surface area contributed by atoms with Crippen molar-refractivity contribution in [3.63, 3.8) is 0 Å². The summed E-state index contributed by atoms with van der Waals surface area (Å²) in [5.41, 5.74) is 5.00. The van der Waals surface area contributed by atoms with Crippen LogP contribution in [0.3, 0.4) is 0 Å². The number of Topliss-reactive ketones (excluding diaryl/α,β-unsaturated/α-hetero) is 1. The van der Waals surface area contributed by atoms with Gasteiger partial charge < -0.3 is 4.98 Å². The van der Waals surface area contributed by atoms with Gasteiger partial charge in [-0.2, -0.15) is 0 Å². The second-order valence-electron chi connectivity index (χ2n) is 7.34. The van der Waals surface area contributed by atoms with Crippen LogP contribution in [0, 0.1) is 11.2 Å². The fourth-order valence-corrected chi connectivity index (χ4v) is 4.94. The summed E-state index contributed by atoms with van der Waals surface area (Å²) in [5, 5.41) is 0.991. The summed E-state index contributed by atoms with van der Waals surface area (Å²) in [6, 6.07) is 3.65. The summed E-state index contributed by atoms with van der Waals surface area (Å²) in [7, 11) is 0. The Kier molecular flexibility index (Phi) is 3.63. The first-order valence-electron chi connectivity index (χ1n) is 9.17. The van der Waals surface area contributed by atoms with Crippen LogP contribution in [0.1, 0.15) is 63.5 Å². The Balaban J connectivity index is 2.01. The maximum atomic E-state index is 14.6. The summed E-state index contributed by atoms with van der Waals surface area (Å²) in [6.45, 7) is 4.26. The van der Waals surface area contributed by atoms with Crippen LogP contribution in [0.2, 0.25) is 0 Å². The van der Waals surface area contributed by atoms with Crippen molar-refractivity contribution in [2.75, 3.05) is 0 Å². The highest BCUT2D eigenvalue weighted by molar-refractivity contribution is 6.08. The highest BCUT2D eigenvalue weighted by Gasteiger charge is 2.47. The van der Waals surface area contributed by atoms with Crippen LogP contribution < -0.4 is 0 Å². The number of halogens is 1. The molecule has 2 nitrogen and oxygen atoms in total. The maximum Gasteiger partial charge on any atom is 0.159 e. The van der Waals surface area contributed by atoms with Gasteiger partial charge in [-0.3, -0.25) is 4.79 Å². The van der Waals surface area contributed by atoms with E-state index in [0.29, 0.717) is 11.9 Å². The van der Waals surface area contributed by atoms with Gasteiger partial charge in [-0.25, -0.2) is 4.39 Å². The first-order chi connectivity index (χ1) is 11.6. The molecule has 0 amide bonds. The molecular weight excluding hydrogens is 301 g/mol. The highest BCUT2D eigenvalue weighted by Crippen LogP contribution is 2.58. The highest BCUT2D eigenvalue weighted by atomic mass is 19.1. The van der Waals surface area contributed by atoms with E-state index < -0.39 is 0 Å². The third-order valence-electron chi connectivity index (χ3n) is 6.05. The number of nitrogens with one attached hydrogen (secondary N) is 1. The van der Waals surface area contributed by atoms with E-state index in [2.05, 4.69) is 18.8 Å². The summed E-state index contributed by atoms with van der Waals surface area (Å²) in [4.78, 5) is 15.6. The summed E-state index contributed by atoms with van der Waals surface area (Å²) in [5.74, 6) is 0.0584. The monoisotopic (exact) mass is 325 g/mol. The molecule has 0 aliphatic heterocycles. The number of ketones is 1. The number of H-pyrrole nitrogens is 1. The molecule has 1 atom stereocenters. The van der Waals surface area contributed by atoms with Gasteiger partial charge in [0, 0.05) is 23.4 Å². The van der Waals surface area contributed by atoms with E-state index in [4.69, 9.17) is 0 Å². The van der Waals surface area contributed by atoms with Gasteiger partial charge in [0.2, 0.25) is 0 Å². The Morgan fingerprint density at radius 3 is 2.92 bits per heavy atom. The van der Waals surface area contributed by atoms with Crippen molar-refractivity contribution in [2.24, 2.45) is 5.41 Å². The Morgan fingerprint density at radius 2 is 2.17 bits per heavy atom. The molecule has 24 heavy (non-hydrogen) atoms. The molecule has 126 valence electrons. The van der Waals surface area contributed by atoms with E-state index in [1.54, 1.807) is 6.07 Å². The zero-order chi connectivity index (χ0) is 16.9. The SMILES string of the molecule is CCCCC12CCC(=O)C(CC)=C1c1cc(F)c3[nH]ccc3c1C2. The number of carbonyl (C=O) groups excluding carboxylic acids is 1. The van der Waals surface area contributed by atoms with Crippen molar-refractivity contribution < 1.29 is 9.18 Å². The lowest BCUT2D eigenvalue weighted by atomic mass is 9.67. The van der Waals surface area contributed by atoms with E-state index in [0.717, 1.165) is 55.0 Å². The zero-order valence-corrected chi connectivity index (χ0v) is 14.5. The van der Waals surface area contributed by atoms with E-state index in [9.17, 15) is 9.18 Å². The molecule has 0 bridgehead atoms. The van der Waals surface area contributed by atoms with Gasteiger partial charge in [0.05, 0.1) is 5.52 Å². The van der Waals surface area contributed by atoms with Crippen LogP contribution in [0.4, 0.5) is 4.39 Å². The van der Waals surface area contributed by atoms with E-state index in [1.165, 1.54) is 11.1 Å². The van der Waals surface area contributed by atoms with E-state index in [-0.39, 0.29) is 17.0 Å². The number of fused-ring (bicyclic) bond motifs is 5. The van der Waals surface area contributed by atoms with Crippen molar-refractivity contribution in [2.45, 2.75) is 58.8 Å². The first kappa shape index (κ1) is 15.6. The van der Waals surface area contributed by atoms with E-state index in [1.807, 2.05) is 12.3 Å². The van der Waals surface area contributed by atoms with Crippen LogP contribution in [-0.4, -0.2) is 10.8 Å². The molecule has 2 aliphatic rings. The third kappa shape index (κ3) is 2.03. The molecule has 1 aromatic heterocycles. The Hall–Kier alpha value is -1.90. The summed E-state index contributed by atoms with van der Waals surface area (Å²) < 4.78 is 14.6. The lowest BCUT2D eigenvalue weighted by Crippen LogP contribution is -2.28. The average molecular weight is 325 g/mol. The van der Waals surface area contributed by atoms with Gasteiger partial charge in [-0.15, -0.1) is 0 Å². The molecule has 0 saturated heterocycles. The van der Waals surface area contributed by atoms with Crippen LogP contribution in [-0.2, 0) is 11.2 Å². The molecule has 1 unspecified atom stereocenters. The largest absolute Gasteiger partial charge is 0.359 e. The minimum absolute atomic E-state index is 0.0373. The van der Waals surface area contributed by atoms with Crippen LogP contribution in [0.5, 0.6) is 0 Å². The lowest BCUT2D eigenvalue weighted by molar-refractivity contribution is -0.116. The second kappa shape index (κ2) is 5.58. The van der Waals surface area contributed by atoms with Crippen molar-refractivity contribution in [3.8, 4) is 0 Å². The van der Waals surface area contributed by atoms with Gasteiger partial charge >= 0.3 is 0 Å². The van der Waals surface area contributed by atoms with Gasteiger partial charge in [0.15, 0.2) is 5.78 Å². The number of hydrogen-bond acceptors (Lipinski definition) is 1. The third-order valence-corrected chi connectivity index (χ3v) is 6.05. The summed E-state index contributed by atoms with van der Waals surface area (Å²) in [6.07, 6.45) is 8.45. The fourth-order valence-electron chi connectivity index (χ4n) is 4.94. The van der Waals surface area contributed by atoms with Crippen LogP contribution in [0.25, 0.3) is 16.5 Å². The van der Waals surface area contributed by atoms with Crippen molar-refractivity contribution in [1.82, 2.24) is 4.98 Å². The van der Waals surface area contributed by atoms with Crippen LogP contribution in [0.15, 0.2) is 23.9 Å². The zero-order valence-electron chi connectivity index (χ0n) is 14.5.